The molecule has 0 amide bonds. The summed E-state index contributed by atoms with van der Waals surface area (Å²) in [5.41, 5.74) is 22.7. The highest BCUT2D eigenvalue weighted by atomic mass is 32.2. The average Bonchev–Trinajstić information content (AvgIpc) is 0.804. The zero-order chi connectivity index (χ0) is 93.5. The maximum Gasteiger partial charge on any atom is 0.123 e. The second-order valence-electron chi connectivity index (χ2n) is 35.9. The fraction of sp³-hybridized carbons (Fsp3) is 0.387. The Hall–Kier alpha value is -10.8. The minimum Gasteiger partial charge on any atom is -0.497 e. The van der Waals surface area contributed by atoms with Gasteiger partial charge >= 0.3 is 0 Å². The van der Waals surface area contributed by atoms with Crippen LogP contribution >= 0.6 is 23.5 Å². The maximum absolute atomic E-state index is 6.40. The number of hydrogen-bond donors (Lipinski definition) is 0. The lowest BCUT2D eigenvalue weighted by molar-refractivity contribution is 0.304. The molecular weight excluding hydrogens is 1680 g/mol. The molecule has 14 rings (SSSR count). The summed E-state index contributed by atoms with van der Waals surface area (Å²) < 4.78 is 48.7. The lowest BCUT2D eigenvalue weighted by Crippen LogP contribution is -1.99. The van der Waals surface area contributed by atoms with Gasteiger partial charge in [-0.25, -0.2) is 0 Å². The number of rotatable bonds is 60. The number of benzene rings is 10. The van der Waals surface area contributed by atoms with Gasteiger partial charge in [-0.05, 0) is 246 Å². The van der Waals surface area contributed by atoms with Crippen molar-refractivity contribution in [1.82, 2.24) is 0 Å². The molecule has 0 fully saturated rings. The van der Waals surface area contributed by atoms with Crippen LogP contribution in [-0.4, -0.2) is 54.9 Å². The molecule has 4 heterocycles. The van der Waals surface area contributed by atoms with Crippen molar-refractivity contribution in [2.75, 3.05) is 54.9 Å². The molecule has 4 aliphatic rings. The zero-order valence-electron chi connectivity index (χ0n) is 82.1. The van der Waals surface area contributed by atoms with E-state index in [4.69, 9.17) is 37.9 Å². The molecule has 4 aliphatic heterocycles. The number of hydrogen-bond acceptors (Lipinski definition) is 10. The van der Waals surface area contributed by atoms with Gasteiger partial charge < -0.3 is 37.9 Å². The van der Waals surface area contributed by atoms with Gasteiger partial charge in [-0.3, -0.25) is 0 Å². The fourth-order valence-corrected chi connectivity index (χ4v) is 19.1. The number of ether oxygens (including phenoxy) is 8. The van der Waals surface area contributed by atoms with Gasteiger partial charge in [-0.15, -0.1) is 0 Å². The molecule has 0 atom stereocenters. The van der Waals surface area contributed by atoms with Crippen LogP contribution < -0.4 is 37.9 Å². The van der Waals surface area contributed by atoms with Gasteiger partial charge in [0.05, 0.1) is 54.9 Å². The van der Waals surface area contributed by atoms with Crippen molar-refractivity contribution < 1.29 is 37.9 Å². The van der Waals surface area contributed by atoms with Crippen LogP contribution in [0.25, 0.3) is 97.2 Å². The molecule has 0 saturated carbocycles. The van der Waals surface area contributed by atoms with Crippen LogP contribution in [-0.2, 0) is 23.0 Å². The summed E-state index contributed by atoms with van der Waals surface area (Å²) in [4.78, 5) is 0. The van der Waals surface area contributed by atoms with E-state index in [0.717, 1.165) is 188 Å². The molecule has 134 heavy (non-hydrogen) atoms. The van der Waals surface area contributed by atoms with Gasteiger partial charge in [0.25, 0.3) is 0 Å². The Balaban J connectivity index is 0.965. The standard InChI is InChI=1S/C124H152O8S2/c1-9-13-17-21-25-29-33-37-69-129-117-49-41-45-97(79-117)53-57-101-73-102(58-54-98-46-42-50-118(80-98)130-70-38-34-30-26-22-18-14-10-2)76-105(75-101)61-65-109-87-114-94-134-96-116-90-111(67-63-107-83-121(125-5)91-122(84-107)126-6)115(89-112(116)68-64-108-85-123(127-7)92-124(86-108)128-8)95-133-93-113(109)88-110(114)66-62-106-77-103(59-55-99-47-43-51-119(81-99)131-71-39-35-31-27-23-19-15-11-3)74-104(78-106)60-56-100-48-44-52-120(82-100)132-72-40-36-32-28-24-20-16-12-4/h41-68,73-92H,9-40,69-72,93-96H2,1-8H3/b57-53-,58-54+,59-55+,60-56+,65-61+,66-62+,67-63-,68-64+. The van der Waals surface area contributed by atoms with Gasteiger partial charge in [0, 0.05) is 35.1 Å². The molecule has 0 radical (unpaired) electrons. The molecule has 10 aromatic carbocycles. The second kappa shape index (κ2) is 61.3. The summed E-state index contributed by atoms with van der Waals surface area (Å²) in [5.74, 6) is 9.57. The van der Waals surface area contributed by atoms with E-state index in [1.165, 1.54) is 224 Å². The van der Waals surface area contributed by atoms with Crippen molar-refractivity contribution in [2.24, 2.45) is 0 Å². The molecule has 0 N–H and O–H groups in total. The zero-order valence-corrected chi connectivity index (χ0v) is 83.7. The summed E-state index contributed by atoms with van der Waals surface area (Å²) in [5, 5.41) is 0. The quantitative estimate of drug-likeness (QED) is 0.0272. The predicted molar refractivity (Wildman–Crippen MR) is 584 cm³/mol. The van der Waals surface area contributed by atoms with Crippen molar-refractivity contribution in [3.05, 3.63) is 305 Å². The highest BCUT2D eigenvalue weighted by molar-refractivity contribution is 7.98. The van der Waals surface area contributed by atoms with E-state index in [-0.39, 0.29) is 0 Å². The van der Waals surface area contributed by atoms with E-state index in [1.54, 1.807) is 28.4 Å². The average molecular weight is 1830 g/mol. The molecule has 10 aromatic rings. The van der Waals surface area contributed by atoms with E-state index in [2.05, 4.69) is 307 Å². The summed E-state index contributed by atoms with van der Waals surface area (Å²) in [6.07, 6.45) is 76.7. The molecule has 0 aromatic heterocycles. The molecule has 0 spiro atoms. The Labute approximate surface area is 815 Å². The Kier molecular flexibility index (Phi) is 47.4. The van der Waals surface area contributed by atoms with Gasteiger partial charge in [-0.2, -0.15) is 23.5 Å². The van der Waals surface area contributed by atoms with Crippen molar-refractivity contribution >= 4 is 121 Å². The third-order valence-electron chi connectivity index (χ3n) is 24.8. The van der Waals surface area contributed by atoms with Crippen molar-refractivity contribution in [3.63, 3.8) is 0 Å². The molecule has 0 unspecified atom stereocenters. The van der Waals surface area contributed by atoms with E-state index >= 15 is 0 Å². The Morgan fingerprint density at radius 2 is 0.366 bits per heavy atom. The number of thioether (sulfide) groups is 2. The van der Waals surface area contributed by atoms with Crippen LogP contribution in [0, 0.1) is 0 Å². The SMILES string of the molecule is CCCCCCCCCCOc1cccc(/C=C\c2cc(/C=C/c3cccc(OCCCCCCCCCC)c3)cc(/C=C/c3cc4c(/C=C/c5cc(/C=C/c6cccc(OCCCCCCCCCC)c6)cc(/C=C/c6cccc(OCCCCCCCCCC)c6)c5)cc3CSCc3cc(/C=C/c5cc(OC)cc(OC)c5)c(cc3/C=C\c3cc(OC)cc(OC)c3)CSC4)c2)c1. The number of unbranched alkanes of at least 4 members (excludes halogenated alkanes) is 28. The normalized spacial score (nSPS) is 12.5. The molecule has 0 aliphatic carbocycles. The van der Waals surface area contributed by atoms with Crippen LogP contribution in [0.3, 0.4) is 0 Å². The Morgan fingerprint density at radius 3 is 0.575 bits per heavy atom. The summed E-state index contributed by atoms with van der Waals surface area (Å²) >= 11 is 3.88. The minimum absolute atomic E-state index is 0.725. The molecule has 10 heteroatoms. The van der Waals surface area contributed by atoms with E-state index < -0.39 is 0 Å². The van der Waals surface area contributed by atoms with Gasteiger partial charge in [0.2, 0.25) is 0 Å². The molecule has 4 bridgehead atoms. The Bertz CT molecular complexity index is 4840. The van der Waals surface area contributed by atoms with E-state index in [0.29, 0.717) is 0 Å². The van der Waals surface area contributed by atoms with Crippen LogP contribution in [0.2, 0.25) is 0 Å². The van der Waals surface area contributed by atoms with Crippen molar-refractivity contribution in [2.45, 2.75) is 256 Å². The first kappa shape index (κ1) is 104. The number of methoxy groups -OCH3 is 4. The van der Waals surface area contributed by atoms with Crippen LogP contribution in [0.15, 0.2) is 194 Å². The molecule has 708 valence electrons. The second-order valence-corrected chi connectivity index (χ2v) is 37.9. The summed E-state index contributed by atoms with van der Waals surface area (Å²) in [6, 6.07) is 69.9. The first-order valence-electron chi connectivity index (χ1n) is 50.6. The highest BCUT2D eigenvalue weighted by Gasteiger charge is 2.17. The van der Waals surface area contributed by atoms with Gasteiger partial charge in [0.15, 0.2) is 0 Å². The highest BCUT2D eigenvalue weighted by Crippen LogP contribution is 2.37. The lowest BCUT2D eigenvalue weighted by Gasteiger charge is -2.18. The monoisotopic (exact) mass is 1830 g/mol. The Morgan fingerprint density at radius 1 is 0.187 bits per heavy atom. The minimum atomic E-state index is 0.725. The first-order valence-corrected chi connectivity index (χ1v) is 52.9. The van der Waals surface area contributed by atoms with Crippen molar-refractivity contribution in [3.8, 4) is 46.0 Å². The summed E-state index contributed by atoms with van der Waals surface area (Å²) in [6.45, 7) is 12.0. The topological polar surface area (TPSA) is 73.8 Å². The summed E-state index contributed by atoms with van der Waals surface area (Å²) in [7, 11) is 6.81. The van der Waals surface area contributed by atoms with Crippen molar-refractivity contribution in [1.29, 1.82) is 0 Å². The molecule has 0 saturated heterocycles. The van der Waals surface area contributed by atoms with Crippen LogP contribution in [0.4, 0.5) is 0 Å². The van der Waals surface area contributed by atoms with Crippen LogP contribution in [0.5, 0.6) is 46.0 Å². The van der Waals surface area contributed by atoms with Gasteiger partial charge in [-0.1, -0.05) is 377 Å². The predicted octanol–water partition coefficient (Wildman–Crippen LogP) is 36.3. The first-order chi connectivity index (χ1) is 66.0. The third kappa shape index (κ3) is 38.5. The van der Waals surface area contributed by atoms with Crippen LogP contribution in [0.1, 0.15) is 344 Å². The third-order valence-corrected chi connectivity index (χ3v) is 26.8. The largest absolute Gasteiger partial charge is 0.497 e. The molecular formula is C124H152O8S2. The van der Waals surface area contributed by atoms with Gasteiger partial charge in [0.1, 0.15) is 46.0 Å². The maximum atomic E-state index is 6.40. The molecule has 8 nitrogen and oxygen atoms in total. The van der Waals surface area contributed by atoms with E-state index in [9.17, 15) is 0 Å². The smallest absolute Gasteiger partial charge is 0.123 e. The fourth-order valence-electron chi connectivity index (χ4n) is 17.0. The lowest BCUT2D eigenvalue weighted by atomic mass is 9.96. The van der Waals surface area contributed by atoms with E-state index in [1.807, 2.05) is 35.7 Å².